The Balaban J connectivity index is 0.000000461. The number of imidazole rings is 1. The molecule has 0 saturated carbocycles. The first-order valence-electron chi connectivity index (χ1n) is 3.90. The van der Waals surface area contributed by atoms with Gasteiger partial charge in [0.1, 0.15) is 0 Å². The van der Waals surface area contributed by atoms with Crippen molar-refractivity contribution < 1.29 is 0 Å². The second kappa shape index (κ2) is 5.19. The highest BCUT2D eigenvalue weighted by Gasteiger charge is 2.00. The minimum atomic E-state index is 0.403. The van der Waals surface area contributed by atoms with Crippen LogP contribution in [0, 0.1) is 0 Å². The lowest BCUT2D eigenvalue weighted by Gasteiger charge is -2.05. The summed E-state index contributed by atoms with van der Waals surface area (Å²) < 4.78 is 1.90. The van der Waals surface area contributed by atoms with Crippen LogP contribution < -0.4 is 0 Å². The van der Waals surface area contributed by atoms with Crippen LogP contribution in [0.4, 0.5) is 0 Å². The van der Waals surface area contributed by atoms with Crippen LogP contribution in [0.3, 0.4) is 0 Å². The van der Waals surface area contributed by atoms with E-state index < -0.39 is 0 Å². The summed E-state index contributed by atoms with van der Waals surface area (Å²) in [6.45, 7) is 8.13. The predicted octanol–water partition coefficient (Wildman–Crippen LogP) is 3.14. The summed E-state index contributed by atoms with van der Waals surface area (Å²) in [5.41, 5.74) is 0. The van der Waals surface area contributed by atoms with Gasteiger partial charge in [0, 0.05) is 18.4 Å². The summed E-state index contributed by atoms with van der Waals surface area (Å²) >= 11 is 5.69. The van der Waals surface area contributed by atoms with E-state index in [-0.39, 0.29) is 0 Å². The summed E-state index contributed by atoms with van der Waals surface area (Å²) in [4.78, 5) is 3.87. The average Bonchev–Trinajstić information content (AvgIpc) is 2.39. The lowest BCUT2D eigenvalue weighted by molar-refractivity contribution is 0.600. The van der Waals surface area contributed by atoms with E-state index in [1.54, 1.807) is 6.20 Å². The Bertz CT molecular complexity index is 194. The number of nitrogens with zero attached hydrogens (tertiary/aromatic N) is 2. The van der Waals surface area contributed by atoms with E-state index in [4.69, 9.17) is 11.6 Å². The molecule has 3 heteroatoms. The molecular weight excluding hydrogens is 160 g/mol. The molecule has 1 heterocycles. The summed E-state index contributed by atoms with van der Waals surface area (Å²) in [6.07, 6.45) is 3.56. The molecule has 0 unspecified atom stereocenters. The zero-order valence-corrected chi connectivity index (χ0v) is 8.26. The fourth-order valence-corrected chi connectivity index (χ4v) is 0.988. The first-order valence-corrected chi connectivity index (χ1v) is 4.28. The van der Waals surface area contributed by atoms with Crippen LogP contribution in [0.2, 0.25) is 5.28 Å². The van der Waals surface area contributed by atoms with Crippen LogP contribution in [-0.4, -0.2) is 9.55 Å². The number of aromatic nitrogens is 2. The largest absolute Gasteiger partial charge is 0.319 e. The van der Waals surface area contributed by atoms with Crippen molar-refractivity contribution in [3.05, 3.63) is 17.7 Å². The number of halogens is 1. The zero-order chi connectivity index (χ0) is 8.85. The second-order valence-corrected chi connectivity index (χ2v) is 2.54. The third kappa shape index (κ3) is 2.93. The number of hydrogen-bond acceptors (Lipinski definition) is 1. The molecule has 1 rings (SSSR count). The Morgan fingerprint density at radius 1 is 1.45 bits per heavy atom. The summed E-state index contributed by atoms with van der Waals surface area (Å²) in [6, 6.07) is 0.403. The monoisotopic (exact) mass is 174 g/mol. The van der Waals surface area contributed by atoms with Crippen molar-refractivity contribution in [3.63, 3.8) is 0 Å². The van der Waals surface area contributed by atoms with E-state index in [9.17, 15) is 0 Å². The summed E-state index contributed by atoms with van der Waals surface area (Å²) in [5.74, 6) is 0. The maximum Gasteiger partial charge on any atom is 0.202 e. The van der Waals surface area contributed by atoms with Crippen molar-refractivity contribution in [2.45, 2.75) is 33.7 Å². The van der Waals surface area contributed by atoms with E-state index in [2.05, 4.69) is 18.8 Å². The van der Waals surface area contributed by atoms with Crippen molar-refractivity contribution in [1.29, 1.82) is 0 Å². The average molecular weight is 175 g/mol. The van der Waals surface area contributed by atoms with Gasteiger partial charge in [-0.2, -0.15) is 0 Å². The molecule has 0 amide bonds. The van der Waals surface area contributed by atoms with Gasteiger partial charge in [0.2, 0.25) is 5.28 Å². The van der Waals surface area contributed by atoms with Crippen molar-refractivity contribution in [2.75, 3.05) is 0 Å². The molecule has 0 saturated heterocycles. The van der Waals surface area contributed by atoms with E-state index >= 15 is 0 Å². The normalized spacial score (nSPS) is 9.27. The quantitative estimate of drug-likeness (QED) is 0.640. The summed E-state index contributed by atoms with van der Waals surface area (Å²) in [7, 11) is 0. The molecule has 0 atom stereocenters. The third-order valence-corrected chi connectivity index (χ3v) is 1.47. The fraction of sp³-hybridized carbons (Fsp3) is 0.625. The lowest BCUT2D eigenvalue weighted by Crippen LogP contribution is -1.97. The van der Waals surface area contributed by atoms with Crippen LogP contribution in [0.5, 0.6) is 0 Å². The lowest BCUT2D eigenvalue weighted by atomic mass is 10.4. The molecule has 0 fully saturated rings. The SMILES string of the molecule is CC.CC(C)n1ccnc1Cl. The molecule has 0 N–H and O–H groups in total. The molecule has 0 aliphatic carbocycles. The van der Waals surface area contributed by atoms with Gasteiger partial charge in [0.25, 0.3) is 0 Å². The number of rotatable bonds is 1. The topological polar surface area (TPSA) is 17.8 Å². The van der Waals surface area contributed by atoms with Gasteiger partial charge in [-0.3, -0.25) is 0 Å². The van der Waals surface area contributed by atoms with E-state index in [1.165, 1.54) is 0 Å². The molecule has 0 aromatic carbocycles. The van der Waals surface area contributed by atoms with Crippen molar-refractivity contribution in [2.24, 2.45) is 0 Å². The summed E-state index contributed by atoms with van der Waals surface area (Å²) in [5, 5.41) is 0.560. The van der Waals surface area contributed by atoms with Crippen LogP contribution in [0.1, 0.15) is 33.7 Å². The molecule has 0 bridgehead atoms. The van der Waals surface area contributed by atoms with Crippen LogP contribution in [-0.2, 0) is 0 Å². The van der Waals surface area contributed by atoms with E-state index in [1.807, 2.05) is 24.6 Å². The van der Waals surface area contributed by atoms with Crippen molar-refractivity contribution >= 4 is 11.6 Å². The van der Waals surface area contributed by atoms with Gasteiger partial charge in [0.05, 0.1) is 0 Å². The molecule has 0 aliphatic rings. The van der Waals surface area contributed by atoms with Gasteiger partial charge in [-0.1, -0.05) is 13.8 Å². The van der Waals surface area contributed by atoms with Gasteiger partial charge in [-0.15, -0.1) is 0 Å². The van der Waals surface area contributed by atoms with E-state index in [0.717, 1.165) is 0 Å². The maximum absolute atomic E-state index is 5.69. The fourth-order valence-electron chi connectivity index (χ4n) is 0.680. The van der Waals surface area contributed by atoms with Crippen LogP contribution in [0.25, 0.3) is 0 Å². The Morgan fingerprint density at radius 3 is 2.18 bits per heavy atom. The molecule has 64 valence electrons. The molecule has 0 spiro atoms. The Hall–Kier alpha value is -0.500. The van der Waals surface area contributed by atoms with Crippen LogP contribution >= 0.6 is 11.6 Å². The minimum Gasteiger partial charge on any atom is -0.319 e. The highest BCUT2D eigenvalue weighted by Crippen LogP contribution is 2.11. The molecule has 2 nitrogen and oxygen atoms in total. The van der Waals surface area contributed by atoms with Crippen molar-refractivity contribution in [1.82, 2.24) is 9.55 Å². The molecule has 0 radical (unpaired) electrons. The second-order valence-electron chi connectivity index (χ2n) is 2.20. The molecule has 1 aromatic rings. The molecule has 0 aliphatic heterocycles. The Labute approximate surface area is 73.2 Å². The first kappa shape index (κ1) is 10.5. The molecule has 1 aromatic heterocycles. The maximum atomic E-state index is 5.69. The van der Waals surface area contributed by atoms with Gasteiger partial charge in [0.15, 0.2) is 0 Å². The smallest absolute Gasteiger partial charge is 0.202 e. The predicted molar refractivity (Wildman–Crippen MR) is 49.0 cm³/mol. The van der Waals surface area contributed by atoms with Gasteiger partial charge in [-0.25, -0.2) is 4.98 Å². The number of hydrogen-bond donors (Lipinski definition) is 0. The standard InChI is InChI=1S/C6H9ClN2.C2H6/c1-5(2)9-4-3-8-6(9)7;1-2/h3-5H,1-2H3;1-2H3. The van der Waals surface area contributed by atoms with Crippen LogP contribution in [0.15, 0.2) is 12.4 Å². The Morgan fingerprint density at radius 2 is 2.00 bits per heavy atom. The Kier molecular flexibility index (Phi) is 4.95. The van der Waals surface area contributed by atoms with Gasteiger partial charge in [-0.05, 0) is 25.4 Å². The van der Waals surface area contributed by atoms with Crippen molar-refractivity contribution in [3.8, 4) is 0 Å². The van der Waals surface area contributed by atoms with Gasteiger partial charge < -0.3 is 4.57 Å². The third-order valence-electron chi connectivity index (χ3n) is 1.18. The molecular formula is C8H15ClN2. The van der Waals surface area contributed by atoms with E-state index in [0.29, 0.717) is 11.3 Å². The minimum absolute atomic E-state index is 0.403. The molecule has 11 heavy (non-hydrogen) atoms. The highest BCUT2D eigenvalue weighted by molar-refractivity contribution is 6.28. The zero-order valence-electron chi connectivity index (χ0n) is 7.50. The van der Waals surface area contributed by atoms with Gasteiger partial charge >= 0.3 is 0 Å². The highest BCUT2D eigenvalue weighted by atomic mass is 35.5. The first-order chi connectivity index (χ1) is 5.22.